The van der Waals surface area contributed by atoms with Crippen LogP contribution >= 0.6 is 23.2 Å². The zero-order chi connectivity index (χ0) is 33.4. The van der Waals surface area contributed by atoms with Crippen molar-refractivity contribution in [3.05, 3.63) is 86.2 Å². The Bertz CT molecular complexity index is 2010. The number of amides is 1. The number of aromatic nitrogens is 2. The molecule has 6 rings (SSSR count). The molecule has 0 spiro atoms. The number of hydrogen-bond donors (Lipinski definition) is 2. The molecule has 0 bridgehead atoms. The highest BCUT2D eigenvalue weighted by molar-refractivity contribution is 6.37. The van der Waals surface area contributed by atoms with Crippen molar-refractivity contribution in [3.63, 3.8) is 0 Å². The maximum atomic E-state index is 17.3. The van der Waals surface area contributed by atoms with E-state index in [0.717, 1.165) is 12.1 Å². The van der Waals surface area contributed by atoms with Crippen LogP contribution in [0.3, 0.4) is 0 Å². The fourth-order valence-corrected chi connectivity index (χ4v) is 7.09. The van der Waals surface area contributed by atoms with E-state index >= 15 is 13.2 Å². The van der Waals surface area contributed by atoms with Gasteiger partial charge in [0.2, 0.25) is 5.91 Å². The summed E-state index contributed by atoms with van der Waals surface area (Å²) >= 11 is 12.2. The third-order valence-electron chi connectivity index (χ3n) is 8.81. The second-order valence-electron chi connectivity index (χ2n) is 12.0. The van der Waals surface area contributed by atoms with Gasteiger partial charge in [0.25, 0.3) is 5.56 Å². The predicted octanol–water partition coefficient (Wildman–Crippen LogP) is 6.81. The first-order valence-electron chi connectivity index (χ1n) is 14.7. The van der Waals surface area contributed by atoms with Crippen LogP contribution in [0.2, 0.25) is 10.0 Å². The maximum Gasteiger partial charge on any atom is 0.281 e. The van der Waals surface area contributed by atoms with Crippen LogP contribution in [-0.2, 0) is 4.79 Å². The van der Waals surface area contributed by atoms with Crippen molar-refractivity contribution in [2.75, 3.05) is 35.6 Å². The molecule has 2 unspecified atom stereocenters. The average Bonchev–Trinajstić information content (AvgIpc) is 3.01. The molecule has 2 aliphatic heterocycles. The molecule has 8 nitrogen and oxygen atoms in total. The van der Waals surface area contributed by atoms with E-state index < -0.39 is 44.8 Å². The molecule has 2 aliphatic rings. The predicted molar refractivity (Wildman–Crippen MR) is 177 cm³/mol. The summed E-state index contributed by atoms with van der Waals surface area (Å²) in [7, 11) is 0. The van der Waals surface area contributed by atoms with Crippen LogP contribution in [0.4, 0.5) is 30.2 Å². The molecule has 0 aliphatic carbocycles. The van der Waals surface area contributed by atoms with E-state index in [0.29, 0.717) is 16.9 Å². The molecule has 4 heterocycles. The first kappa shape index (κ1) is 31.7. The van der Waals surface area contributed by atoms with E-state index in [9.17, 15) is 9.59 Å². The van der Waals surface area contributed by atoms with E-state index in [-0.39, 0.29) is 70.8 Å². The highest BCUT2D eigenvalue weighted by atomic mass is 35.5. The van der Waals surface area contributed by atoms with Gasteiger partial charge in [-0.2, -0.15) is 0 Å². The molecule has 2 atom stereocenters. The molecule has 1 amide bonds. The number of carbonyl (C=O) groups is 1. The minimum absolute atomic E-state index is 0.0614. The van der Waals surface area contributed by atoms with Gasteiger partial charge in [-0.25, -0.2) is 13.2 Å². The van der Waals surface area contributed by atoms with E-state index in [1.165, 1.54) is 10.6 Å². The first-order chi connectivity index (χ1) is 21.8. The summed E-state index contributed by atoms with van der Waals surface area (Å²) in [5, 5.41) is 2.58. The van der Waals surface area contributed by atoms with Crippen molar-refractivity contribution < 1.29 is 18.0 Å². The van der Waals surface area contributed by atoms with E-state index in [2.05, 4.69) is 16.9 Å². The van der Waals surface area contributed by atoms with Crippen LogP contribution in [0.1, 0.15) is 37.9 Å². The van der Waals surface area contributed by atoms with Gasteiger partial charge in [0.15, 0.2) is 11.6 Å². The summed E-state index contributed by atoms with van der Waals surface area (Å²) in [5.41, 5.74) is 5.17. The number of carbonyl (C=O) groups excluding carboxylic acids is 1. The molecule has 0 saturated carbocycles. The number of nitrogens with zero attached hydrogens (tertiary/aromatic N) is 4. The monoisotopic (exact) mass is 670 g/mol. The molecule has 46 heavy (non-hydrogen) atoms. The number of halogens is 5. The molecule has 1 fully saturated rings. The van der Waals surface area contributed by atoms with Gasteiger partial charge in [0.05, 0.1) is 49.9 Å². The standard InChI is InChI=1S/C33H31Cl2F3N6O2/c1-6-22(45)42-13-17-11-41-29-32(43(17)12-16(42)5)18-9-21(36)23(24-25(37)19(34)10-20(35)27(24)39)26(38)31(18)44(33(29)46)30-15(4)7-8-40-28(30)14(2)3/h6-10,14,16-17,41H,1,11-13,39H2,2-5H3. The molecule has 240 valence electrons. The highest BCUT2D eigenvalue weighted by Gasteiger charge is 2.40. The van der Waals surface area contributed by atoms with Crippen LogP contribution in [0, 0.1) is 24.4 Å². The second-order valence-corrected chi connectivity index (χ2v) is 12.8. The van der Waals surface area contributed by atoms with E-state index in [1.807, 2.05) is 25.7 Å². The van der Waals surface area contributed by atoms with Gasteiger partial charge >= 0.3 is 0 Å². The smallest absolute Gasteiger partial charge is 0.281 e. The average molecular weight is 672 g/mol. The van der Waals surface area contributed by atoms with Gasteiger partial charge in [-0.05, 0) is 49.6 Å². The summed E-state index contributed by atoms with van der Waals surface area (Å²) < 4.78 is 50.4. The number of nitrogens with two attached hydrogens (primary N) is 1. The third-order valence-corrected chi connectivity index (χ3v) is 9.40. The van der Waals surface area contributed by atoms with Gasteiger partial charge < -0.3 is 20.9 Å². The number of piperazine rings is 1. The number of benzene rings is 2. The molecule has 13 heteroatoms. The van der Waals surface area contributed by atoms with Crippen molar-refractivity contribution in [1.82, 2.24) is 14.5 Å². The number of pyridine rings is 2. The lowest BCUT2D eigenvalue weighted by Crippen LogP contribution is -2.62. The SMILES string of the molecule is C=CC(=O)N1CC2CNc3c(c4cc(F)c(-c5c(N)c(Cl)cc(Cl)c5F)c(F)c4n(-c4c(C)ccnc4C(C)C)c3=O)N2CC1C. The summed E-state index contributed by atoms with van der Waals surface area (Å²) in [6.07, 6.45) is 2.84. The summed E-state index contributed by atoms with van der Waals surface area (Å²) in [4.78, 5) is 35.3. The topological polar surface area (TPSA) is 96.5 Å². The lowest BCUT2D eigenvalue weighted by atomic mass is 9.95. The fourth-order valence-electron chi connectivity index (χ4n) is 6.63. The van der Waals surface area contributed by atoms with Crippen molar-refractivity contribution >= 4 is 57.1 Å². The molecular weight excluding hydrogens is 640 g/mol. The number of aryl methyl sites for hydroxylation is 1. The van der Waals surface area contributed by atoms with E-state index in [4.69, 9.17) is 28.9 Å². The Balaban J connectivity index is 1.76. The van der Waals surface area contributed by atoms with Crippen LogP contribution in [0.15, 0.2) is 41.8 Å². The molecule has 2 aromatic heterocycles. The Morgan fingerprint density at radius 1 is 1.13 bits per heavy atom. The summed E-state index contributed by atoms with van der Waals surface area (Å²) in [6.45, 7) is 11.8. The molecular formula is C33H31Cl2F3N6O2. The quantitative estimate of drug-likeness (QED) is 0.141. The van der Waals surface area contributed by atoms with Crippen LogP contribution < -0.4 is 21.5 Å². The zero-order valence-corrected chi connectivity index (χ0v) is 27.0. The Labute approximate surface area is 273 Å². The van der Waals surface area contributed by atoms with Gasteiger partial charge in [0, 0.05) is 42.8 Å². The Kier molecular flexibility index (Phi) is 7.97. The lowest BCUT2D eigenvalue weighted by Gasteiger charge is -2.49. The molecule has 2 aromatic carbocycles. The van der Waals surface area contributed by atoms with Gasteiger partial charge in [-0.3, -0.25) is 19.1 Å². The number of nitrogen functional groups attached to an aromatic ring is 1. The van der Waals surface area contributed by atoms with Crippen molar-refractivity contribution in [2.45, 2.75) is 45.7 Å². The maximum absolute atomic E-state index is 17.3. The highest BCUT2D eigenvalue weighted by Crippen LogP contribution is 2.46. The molecule has 4 aromatic rings. The van der Waals surface area contributed by atoms with Crippen LogP contribution in [0.25, 0.3) is 27.7 Å². The number of rotatable bonds is 4. The number of nitrogens with one attached hydrogen (secondary N) is 1. The first-order valence-corrected chi connectivity index (χ1v) is 15.5. The third kappa shape index (κ3) is 4.70. The number of hydrogen-bond acceptors (Lipinski definition) is 6. The summed E-state index contributed by atoms with van der Waals surface area (Å²) in [5.74, 6) is -3.96. The fraction of sp³-hybridized carbons (Fsp3) is 0.303. The van der Waals surface area contributed by atoms with Crippen LogP contribution in [0.5, 0.6) is 0 Å². The van der Waals surface area contributed by atoms with Crippen molar-refractivity contribution in [3.8, 4) is 16.8 Å². The van der Waals surface area contributed by atoms with Gasteiger partial charge in [0.1, 0.15) is 11.5 Å². The van der Waals surface area contributed by atoms with Gasteiger partial charge in [-0.1, -0.05) is 43.6 Å². The zero-order valence-electron chi connectivity index (χ0n) is 25.5. The van der Waals surface area contributed by atoms with Crippen LogP contribution in [-0.4, -0.2) is 52.1 Å². The summed E-state index contributed by atoms with van der Waals surface area (Å²) in [6, 6.07) is 3.18. The second kappa shape index (κ2) is 11.5. The Morgan fingerprint density at radius 3 is 2.52 bits per heavy atom. The molecule has 0 radical (unpaired) electrons. The van der Waals surface area contributed by atoms with Crippen molar-refractivity contribution in [2.24, 2.45) is 0 Å². The largest absolute Gasteiger partial charge is 0.397 e. The number of anilines is 3. The Morgan fingerprint density at radius 2 is 1.85 bits per heavy atom. The molecule has 1 saturated heterocycles. The minimum atomic E-state index is -1.23. The number of fused-ring (bicyclic) bond motifs is 5. The lowest BCUT2D eigenvalue weighted by molar-refractivity contribution is -0.128. The van der Waals surface area contributed by atoms with E-state index in [1.54, 1.807) is 24.1 Å². The van der Waals surface area contributed by atoms with Crippen molar-refractivity contribution in [1.29, 1.82) is 0 Å². The molecule has 3 N–H and O–H groups in total. The normalized spacial score (nSPS) is 17.6. The van der Waals surface area contributed by atoms with Gasteiger partial charge in [-0.15, -0.1) is 0 Å². The Hall–Kier alpha value is -4.22. The minimum Gasteiger partial charge on any atom is -0.397 e.